The molecule has 528 valence electrons. The minimum atomic E-state index is 0.384. The average molecular weight is 1310 g/mol. The van der Waals surface area contributed by atoms with E-state index >= 15 is 0 Å². The molecule has 6 heterocycles. The normalized spacial score (nSPS) is 50.5. The van der Waals surface area contributed by atoms with Crippen LogP contribution in [-0.4, -0.2) is 73.2 Å². The van der Waals surface area contributed by atoms with Gasteiger partial charge in [-0.05, 0) is 299 Å². The molecule has 6 saturated heterocycles. The third-order valence-corrected chi connectivity index (χ3v) is 32.1. The molecule has 18 fully saturated rings. The Morgan fingerprint density at radius 3 is 0.458 bits per heavy atom. The van der Waals surface area contributed by atoms with Crippen molar-refractivity contribution >= 4 is 0 Å². The molecule has 0 aromatic heterocycles. The van der Waals surface area contributed by atoms with E-state index in [0.29, 0.717) is 177 Å². The van der Waals surface area contributed by atoms with E-state index < -0.39 is 0 Å². The van der Waals surface area contributed by atoms with Crippen LogP contribution < -0.4 is 0 Å². The lowest BCUT2D eigenvalue weighted by Gasteiger charge is -2.44. The van der Waals surface area contributed by atoms with Gasteiger partial charge in [0.15, 0.2) is 0 Å². The van der Waals surface area contributed by atoms with E-state index in [4.69, 9.17) is 28.4 Å². The van der Waals surface area contributed by atoms with Crippen LogP contribution in [0.2, 0.25) is 0 Å². The molecule has 0 aromatic rings. The Balaban J connectivity index is 0.000000104. The van der Waals surface area contributed by atoms with Crippen LogP contribution >= 0.6 is 0 Å². The van der Waals surface area contributed by atoms with Gasteiger partial charge in [-0.25, -0.2) is 0 Å². The molecule has 0 aromatic carbocycles. The van der Waals surface area contributed by atoms with Gasteiger partial charge in [0, 0.05) is 0 Å². The number of fused-ring (bicyclic) bond motifs is 6. The fourth-order valence-corrected chi connectivity index (χ4v) is 24.4. The van der Waals surface area contributed by atoms with E-state index in [-0.39, 0.29) is 0 Å². The third-order valence-electron chi connectivity index (χ3n) is 32.1. The number of allylic oxidation sites excluding steroid dienone is 12. The minimum absolute atomic E-state index is 0.384. The summed E-state index contributed by atoms with van der Waals surface area (Å²) in [6, 6.07) is 0. The zero-order valence-electron chi connectivity index (χ0n) is 62.8. The number of hydrogen-bond acceptors (Lipinski definition) is 6. The fourth-order valence-electron chi connectivity index (χ4n) is 24.4. The molecular formula is C90H132O6. The van der Waals surface area contributed by atoms with Crippen molar-refractivity contribution in [2.24, 2.45) is 104 Å². The number of rotatable bonds is 6. The van der Waals surface area contributed by atoms with Crippen LogP contribution in [0.5, 0.6) is 0 Å². The van der Waals surface area contributed by atoms with Crippen LogP contribution in [0.3, 0.4) is 0 Å². The lowest BCUT2D eigenvalue weighted by atomic mass is 9.61. The van der Waals surface area contributed by atoms with Gasteiger partial charge >= 0.3 is 0 Å². The van der Waals surface area contributed by atoms with Gasteiger partial charge < -0.3 is 28.4 Å². The number of epoxide rings is 6. The Kier molecular flexibility index (Phi) is 19.1. The average Bonchev–Trinajstić information content (AvgIpc) is 1.61. The van der Waals surface area contributed by atoms with Gasteiger partial charge in [0.2, 0.25) is 0 Å². The summed E-state index contributed by atoms with van der Waals surface area (Å²) >= 11 is 0. The first-order valence-electron chi connectivity index (χ1n) is 39.2. The van der Waals surface area contributed by atoms with E-state index in [0.717, 1.165) is 0 Å². The summed E-state index contributed by atoms with van der Waals surface area (Å²) in [6.07, 6.45) is 36.3. The van der Waals surface area contributed by atoms with Gasteiger partial charge in [0.05, 0.1) is 73.2 Å². The molecule has 96 heavy (non-hydrogen) atoms. The second-order valence-electron chi connectivity index (χ2n) is 37.1. The molecule has 6 aliphatic heterocycles. The van der Waals surface area contributed by atoms with Crippen molar-refractivity contribution < 1.29 is 28.4 Å². The van der Waals surface area contributed by atoms with Crippen molar-refractivity contribution in [1.29, 1.82) is 0 Å². The van der Waals surface area contributed by atoms with Crippen molar-refractivity contribution in [3.8, 4) is 0 Å². The van der Waals surface area contributed by atoms with Crippen LogP contribution in [0.25, 0.3) is 0 Å². The number of ether oxygens (including phenoxy) is 6. The van der Waals surface area contributed by atoms with Crippen molar-refractivity contribution in [3.63, 3.8) is 0 Å². The summed E-state index contributed by atoms with van der Waals surface area (Å²) in [7, 11) is 0. The van der Waals surface area contributed by atoms with Crippen molar-refractivity contribution in [2.45, 2.75) is 310 Å². The summed E-state index contributed by atoms with van der Waals surface area (Å²) in [4.78, 5) is 0. The Labute approximate surface area is 585 Å². The zero-order chi connectivity index (χ0) is 69.0. The first-order valence-corrected chi connectivity index (χ1v) is 39.2. The molecule has 18 rings (SSSR count). The Morgan fingerprint density at radius 2 is 0.365 bits per heavy atom. The Bertz CT molecular complexity index is 2680. The van der Waals surface area contributed by atoms with Crippen LogP contribution in [0, 0.1) is 104 Å². The van der Waals surface area contributed by atoms with Crippen LogP contribution in [0.15, 0.2) is 146 Å². The van der Waals surface area contributed by atoms with Gasteiger partial charge in [-0.2, -0.15) is 0 Å². The topological polar surface area (TPSA) is 75.2 Å². The maximum atomic E-state index is 5.67. The molecule has 12 aliphatic carbocycles. The van der Waals surface area contributed by atoms with Gasteiger partial charge in [0.1, 0.15) is 0 Å². The summed E-state index contributed by atoms with van der Waals surface area (Å²) in [6.45, 7) is 78.4. The standard InChI is InChI=1S/6C15H22O/c6*1-9(2)12-6-5-10(3)15(7-12)8-13-14(16-13)11(15)4/h6*11-14H,1,3,5-8H2,2,4H3/t11-,12+,13+,14-,15+;11-,12+,13+,14-,15-;11-,12+,13-,14+,15+;11-,12+,13-,14+,15-;11-,12-,13+,14-,15-;11-,12-,13-,14+,15-/m101000/s1. The highest BCUT2D eigenvalue weighted by Crippen LogP contribution is 2.69. The molecule has 30 atom stereocenters. The molecular weight excluding hydrogens is 1180 g/mol. The lowest BCUT2D eigenvalue weighted by molar-refractivity contribution is 0.0982. The first-order chi connectivity index (χ1) is 45.3. The Morgan fingerprint density at radius 1 is 0.240 bits per heavy atom. The quantitative estimate of drug-likeness (QED) is 0.195. The van der Waals surface area contributed by atoms with Gasteiger partial charge in [-0.15, -0.1) is 0 Å². The highest BCUT2D eigenvalue weighted by Gasteiger charge is 2.68. The van der Waals surface area contributed by atoms with E-state index in [1.807, 2.05) is 0 Å². The monoisotopic (exact) mass is 1310 g/mol. The van der Waals surface area contributed by atoms with Crippen molar-refractivity contribution in [3.05, 3.63) is 146 Å². The number of hydrogen-bond donors (Lipinski definition) is 0. The summed E-state index contributed by atoms with van der Waals surface area (Å²) in [5.41, 5.74) is 19.4. The minimum Gasteiger partial charge on any atom is -0.369 e. The Hall–Kier alpha value is -3.36. The summed E-state index contributed by atoms with van der Waals surface area (Å²) < 4.78 is 34.0. The molecule has 12 saturated carbocycles. The van der Waals surface area contributed by atoms with E-state index in [1.165, 1.54) is 221 Å². The third kappa shape index (κ3) is 12.4. The SMILES string of the molecule is C=C(C)[C@@H]1CCC(=C)[C@]2(C1)C[C@@H]1O[C@@H]1[C@@H]2C.C=C(C)[C@@H]1CCC(=C)[C@]2(C1)C[C@H]1O[C@H]1[C@@H]2C.C=C(C)[C@H]1CCC(=C)[C@]2(C1)C[C@@H]1O[C@@H]1[C@@H]2C.C=C(C)[C@H]1CCC(=C)[C@]2(C1)C[C@@H]1O[C@@H]1[C@H]2C.C=C(C)[C@H]1CCC(=C)[C@]2(C1)C[C@H]1O[C@H]1[C@@H]2C.C=C(C)[C@H]1CCC(=C)[C@]2(C1)C[C@H]1O[C@H]1[C@H]2C. The van der Waals surface area contributed by atoms with Gasteiger partial charge in [0.25, 0.3) is 0 Å². The lowest BCUT2D eigenvalue weighted by Crippen LogP contribution is -2.36. The first kappa shape index (κ1) is 71.1. The maximum Gasteiger partial charge on any atom is 0.0876 e. The molecule has 0 bridgehead atoms. The summed E-state index contributed by atoms with van der Waals surface area (Å²) in [5.74, 6) is 8.32. The second-order valence-corrected chi connectivity index (χ2v) is 37.1. The van der Waals surface area contributed by atoms with Crippen molar-refractivity contribution in [2.75, 3.05) is 0 Å². The zero-order valence-corrected chi connectivity index (χ0v) is 62.8. The molecule has 0 unspecified atom stereocenters. The molecule has 0 radical (unpaired) electrons. The molecule has 18 aliphatic rings. The highest BCUT2D eigenvalue weighted by atomic mass is 16.6. The largest absolute Gasteiger partial charge is 0.369 e. The van der Waals surface area contributed by atoms with E-state index in [9.17, 15) is 0 Å². The molecule has 0 amide bonds. The molecule has 6 spiro atoms. The van der Waals surface area contributed by atoms with Crippen LogP contribution in [0.4, 0.5) is 0 Å². The maximum absolute atomic E-state index is 5.67. The second kappa shape index (κ2) is 25.9. The smallest absolute Gasteiger partial charge is 0.0876 e. The predicted octanol–water partition coefficient (Wildman–Crippen LogP) is 22.3. The van der Waals surface area contributed by atoms with Gasteiger partial charge in [-0.1, -0.05) is 187 Å². The summed E-state index contributed by atoms with van der Waals surface area (Å²) in [5, 5.41) is 0. The molecule has 0 N–H and O–H groups in total. The molecule has 6 nitrogen and oxygen atoms in total. The van der Waals surface area contributed by atoms with E-state index in [1.54, 1.807) is 0 Å². The van der Waals surface area contributed by atoms with Crippen molar-refractivity contribution in [1.82, 2.24) is 0 Å². The van der Waals surface area contributed by atoms with E-state index in [2.05, 4.69) is 162 Å². The predicted molar refractivity (Wildman–Crippen MR) is 397 cm³/mol. The van der Waals surface area contributed by atoms with Crippen LogP contribution in [-0.2, 0) is 28.4 Å². The van der Waals surface area contributed by atoms with Gasteiger partial charge in [-0.3, -0.25) is 0 Å². The highest BCUT2D eigenvalue weighted by molar-refractivity contribution is 5.32. The van der Waals surface area contributed by atoms with Crippen LogP contribution in [0.1, 0.15) is 237 Å². The molecule has 6 heteroatoms. The fraction of sp³-hybridized carbons (Fsp3) is 0.733.